The molecule has 5 aromatic heterocycles. The maximum atomic E-state index is 11.6. The minimum Gasteiger partial charge on any atom is -0.508 e. The zero-order chi connectivity index (χ0) is 92.4. The van der Waals surface area contributed by atoms with Gasteiger partial charge in [-0.1, -0.05) is 72.3 Å². The zero-order valence-electron chi connectivity index (χ0n) is 72.6. The number of phenols is 1. The lowest BCUT2D eigenvalue weighted by molar-refractivity contribution is -0.119. The van der Waals surface area contributed by atoms with Crippen molar-refractivity contribution in [3.8, 4) is 113 Å². The molecule has 0 spiro atoms. The first-order valence-corrected chi connectivity index (χ1v) is 42.0. The number of aryl methyl sites for hydroxylation is 3. The molecule has 666 valence electrons. The van der Waals surface area contributed by atoms with Gasteiger partial charge < -0.3 is 91.4 Å². The molecular formula is C101H84N20O13. The minimum atomic E-state index is -0.182. The summed E-state index contributed by atoms with van der Waals surface area (Å²) in [4.78, 5) is 102. The van der Waals surface area contributed by atoms with Crippen LogP contribution in [-0.2, 0) is 24.0 Å². The Morgan fingerprint density at radius 2 is 0.575 bits per heavy atom. The van der Waals surface area contributed by atoms with Gasteiger partial charge in [-0.15, -0.1) is 0 Å². The lowest BCUT2D eigenvalue weighted by Crippen LogP contribution is -2.25. The quantitative estimate of drug-likeness (QED) is 0.0380. The largest absolute Gasteiger partial charge is 0.508 e. The van der Waals surface area contributed by atoms with Gasteiger partial charge in [0.2, 0.25) is 29.7 Å². The number of methoxy groups -OCH3 is 2. The highest BCUT2D eigenvalue weighted by molar-refractivity contribution is 6.00. The van der Waals surface area contributed by atoms with E-state index in [1.54, 1.807) is 87.7 Å². The maximum absolute atomic E-state index is 11.6. The molecule has 33 heteroatoms. The summed E-state index contributed by atoms with van der Waals surface area (Å²) in [6, 6.07) is 81.6. The molecule has 0 saturated heterocycles. The third kappa shape index (κ3) is 22.7. The van der Waals surface area contributed by atoms with Gasteiger partial charge in [-0.2, -0.15) is 0 Å². The number of phenolic OH excluding ortho intramolecular Hbond substituents is 1. The summed E-state index contributed by atoms with van der Waals surface area (Å²) in [7, 11) is 3.18. The normalized spacial score (nSPS) is 12.6. The lowest BCUT2D eigenvalue weighted by Gasteiger charge is -2.18. The molecule has 11 N–H and O–H groups in total. The monoisotopic (exact) mass is 1780 g/mol. The Bertz CT molecular complexity index is 7060. The predicted molar refractivity (Wildman–Crippen MR) is 511 cm³/mol. The van der Waals surface area contributed by atoms with Gasteiger partial charge >= 0.3 is 0 Å². The van der Waals surface area contributed by atoms with Crippen molar-refractivity contribution in [3.05, 3.63) is 309 Å². The smallest absolute Gasteiger partial charge is 0.262 e. The average molecular weight is 1790 g/mol. The molecule has 0 fully saturated rings. The average Bonchev–Trinajstić information content (AvgIpc) is 0.821. The minimum absolute atomic E-state index is 0.0256. The number of hydrogen-bond acceptors (Lipinski definition) is 28. The molecule has 134 heavy (non-hydrogen) atoms. The lowest BCUT2D eigenvalue weighted by atomic mass is 10.1. The summed E-state index contributed by atoms with van der Waals surface area (Å²) in [5, 5.41) is 39.5. The predicted octanol–water partition coefficient (Wildman–Crippen LogP) is 18.4. The molecule has 0 radical (unpaired) electrons. The van der Waals surface area contributed by atoms with Crippen molar-refractivity contribution in [1.29, 1.82) is 0 Å². The second-order valence-electron chi connectivity index (χ2n) is 30.5. The number of anilines is 15. The Morgan fingerprint density at radius 1 is 0.269 bits per heavy atom. The van der Waals surface area contributed by atoms with Crippen LogP contribution in [0.3, 0.4) is 0 Å². The van der Waals surface area contributed by atoms with E-state index in [0.717, 1.165) is 78.8 Å². The van der Waals surface area contributed by atoms with Gasteiger partial charge in [0.25, 0.3) is 29.5 Å². The van der Waals surface area contributed by atoms with E-state index in [1.807, 2.05) is 183 Å². The summed E-state index contributed by atoms with van der Waals surface area (Å²) in [6.45, 7) is 6.33. The molecule has 16 aromatic rings. The number of rotatable bonds is 18. The maximum Gasteiger partial charge on any atom is 0.262 e. The molecule has 0 unspecified atom stereocenters. The van der Waals surface area contributed by atoms with Crippen LogP contribution in [0.15, 0.2) is 292 Å². The highest BCUT2D eigenvalue weighted by Crippen LogP contribution is 2.40. The summed E-state index contributed by atoms with van der Waals surface area (Å²) in [6.07, 6.45) is 8.42. The van der Waals surface area contributed by atoms with Crippen molar-refractivity contribution in [2.24, 2.45) is 0 Å². The summed E-state index contributed by atoms with van der Waals surface area (Å²) >= 11 is 0. The van der Waals surface area contributed by atoms with Crippen LogP contribution < -0.4 is 86.3 Å². The molecule has 0 bridgehead atoms. The van der Waals surface area contributed by atoms with Gasteiger partial charge in [0.15, 0.2) is 33.0 Å². The van der Waals surface area contributed by atoms with Crippen LogP contribution in [0, 0.1) is 20.8 Å². The van der Waals surface area contributed by atoms with Crippen molar-refractivity contribution in [1.82, 2.24) is 49.8 Å². The van der Waals surface area contributed by atoms with Crippen molar-refractivity contribution >= 4 is 116 Å². The van der Waals surface area contributed by atoms with Crippen LogP contribution in [0.4, 0.5) is 86.6 Å². The van der Waals surface area contributed by atoms with Gasteiger partial charge in [0, 0.05) is 112 Å². The Kier molecular flexibility index (Phi) is 26.6. The molecule has 0 atom stereocenters. The summed E-state index contributed by atoms with van der Waals surface area (Å²) < 4.78 is 37.5. The molecule has 5 amide bonds. The summed E-state index contributed by atoms with van der Waals surface area (Å²) in [5.74, 6) is 6.24. The van der Waals surface area contributed by atoms with Gasteiger partial charge in [-0.3, -0.25) is 24.0 Å². The number of carbonyl (C=O) groups excluding carboxylic acids is 5. The first kappa shape index (κ1) is 87.6. The number of benzene rings is 11. The number of nitrogens with one attached hydrogen (secondary N) is 10. The molecule has 0 saturated carbocycles. The number of carbonyl (C=O) groups is 5. The number of nitrogens with zero attached hydrogens (tertiary/aromatic N) is 10. The van der Waals surface area contributed by atoms with E-state index in [-0.39, 0.29) is 68.3 Å². The number of fused-ring (bicyclic) bond motifs is 5. The van der Waals surface area contributed by atoms with Crippen molar-refractivity contribution in [2.75, 3.05) is 100 Å². The van der Waals surface area contributed by atoms with E-state index in [2.05, 4.69) is 159 Å². The summed E-state index contributed by atoms with van der Waals surface area (Å²) in [5.41, 5.74) is 21.1. The van der Waals surface area contributed by atoms with Crippen LogP contribution in [0.2, 0.25) is 0 Å². The zero-order valence-corrected chi connectivity index (χ0v) is 72.6. The highest BCUT2D eigenvalue weighted by Gasteiger charge is 2.24. The fraction of sp³-hybridized carbons (Fsp3) is 0.0990. The number of ether oxygens (including phenoxy) is 7. The Morgan fingerprint density at radius 3 is 0.910 bits per heavy atom. The van der Waals surface area contributed by atoms with E-state index < -0.39 is 0 Å². The van der Waals surface area contributed by atoms with E-state index in [1.165, 1.54) is 16.7 Å². The van der Waals surface area contributed by atoms with Crippen LogP contribution in [0.25, 0.3) is 67.4 Å². The van der Waals surface area contributed by atoms with Gasteiger partial charge in [-0.05, 0) is 213 Å². The topological polar surface area (TPSA) is 419 Å². The molecule has 10 heterocycles. The van der Waals surface area contributed by atoms with E-state index in [9.17, 15) is 29.1 Å². The highest BCUT2D eigenvalue weighted by atomic mass is 16.5. The molecule has 33 nitrogen and oxygen atoms in total. The molecular weight excluding hydrogens is 1700 g/mol. The van der Waals surface area contributed by atoms with Gasteiger partial charge in [0.1, 0.15) is 46.0 Å². The van der Waals surface area contributed by atoms with Gasteiger partial charge in [-0.25, -0.2) is 49.8 Å². The Balaban J connectivity index is 0.000000117. The number of hydrogen-bond donors (Lipinski definition) is 11. The fourth-order valence-corrected chi connectivity index (χ4v) is 14.3. The van der Waals surface area contributed by atoms with Crippen molar-refractivity contribution in [2.45, 2.75) is 20.8 Å². The van der Waals surface area contributed by atoms with E-state index >= 15 is 0 Å². The van der Waals surface area contributed by atoms with Crippen molar-refractivity contribution < 1.29 is 62.2 Å². The first-order chi connectivity index (χ1) is 65.3. The molecule has 0 aliphatic carbocycles. The Labute approximate surface area is 767 Å². The molecule has 5 aliphatic rings. The molecule has 5 aliphatic heterocycles. The number of amides is 5. The van der Waals surface area contributed by atoms with Crippen LogP contribution in [0.5, 0.6) is 46.0 Å². The fourth-order valence-electron chi connectivity index (χ4n) is 14.3. The number of aromatic nitrogens is 10. The van der Waals surface area contributed by atoms with E-state index in [4.69, 9.17) is 33.2 Å². The Hall–Kier alpha value is -18.4. The van der Waals surface area contributed by atoms with Gasteiger partial charge in [0.05, 0.1) is 71.1 Å². The second-order valence-corrected chi connectivity index (χ2v) is 30.5. The van der Waals surface area contributed by atoms with Crippen LogP contribution >= 0.6 is 0 Å². The standard InChI is InChI=1S/C24H18N4O2.C20H18N4O4.C20H18N4O2.C19H16N4O2.C18H14N4O3/c29-23-15-30-22-10-9-18(14-21(22)27-23)20-11-12-25-24(28-20)26-19-8-4-7-17(13-19)16-5-2-1-3-6-16;1-26-14-8-13(9-15(10-14)27-2)22-20-21-6-5-16(24-20)12-3-4-18-17(7-12)23-19(25)11-28-18;1-12-7-13(2)9-15(8-12)22-20-21-6-5-16(24-20)14-3-4-18-17(10-14)23-19(25)11-26-18;1-12-2-5-14(6-3-12)21-19-20-9-8-15(23-19)13-4-7-17-16(10-13)22-18(24)11-25-17;23-13-3-1-2-12(9-13)20-18-19-7-6-14(22-18)11-4-5-16-15(8-11)21-17(24)10-25-16/h1-14H,15H2,(H,27,29)(H,25,26,28);3-10H,11H2,1-2H3,(H,23,25)(H,21,22,24);3-10H,11H2,1-2H3,(H,23,25)(H,21,22,24);2-10H,11H2,1H3,(H,22,24)(H,20,21,23);1-9,23H,10H2,(H,21,24)(H,19,20,22). The molecule has 11 aromatic carbocycles. The number of aromatic hydroxyl groups is 1. The van der Waals surface area contributed by atoms with Crippen LogP contribution in [0.1, 0.15) is 16.7 Å². The SMILES string of the molecule is COc1cc(Nc2nccc(-c3ccc4c(c3)NC(=O)CO4)n2)cc(OC)c1.Cc1cc(C)cc(Nc2nccc(-c3ccc4c(c3)NC(=O)CO4)n2)c1.Cc1ccc(Nc2nccc(-c3ccc4c(c3)NC(=O)CO4)n2)cc1.O=C1COc2ccc(-c3ccnc(Nc4cccc(-c5ccccc5)c4)n3)cc2N1.O=C1COc2ccc(-c3ccnc(Nc4cccc(O)c4)n3)cc2N1. The van der Waals surface area contributed by atoms with Crippen molar-refractivity contribution in [3.63, 3.8) is 0 Å². The first-order valence-electron chi connectivity index (χ1n) is 42.0. The van der Waals surface area contributed by atoms with Crippen LogP contribution in [-0.4, -0.2) is 132 Å². The second kappa shape index (κ2) is 40.7. The van der Waals surface area contributed by atoms with E-state index in [0.29, 0.717) is 116 Å². The molecule has 21 rings (SSSR count). The third-order valence-corrected chi connectivity index (χ3v) is 20.5. The third-order valence-electron chi connectivity index (χ3n) is 20.5.